The minimum atomic E-state index is 0.0454. The number of hydrogen-bond acceptors (Lipinski definition) is 6. The number of aryl methyl sites for hydroxylation is 1. The Morgan fingerprint density at radius 3 is 2.78 bits per heavy atom. The van der Waals surface area contributed by atoms with Crippen LogP contribution >= 0.6 is 0 Å². The summed E-state index contributed by atoms with van der Waals surface area (Å²) in [5.41, 5.74) is 10.5. The number of rotatable bonds is 5. The average molecular weight is 431 g/mol. The third-order valence-corrected chi connectivity index (χ3v) is 6.65. The minimum Gasteiger partial charge on any atom is -0.384 e. The second-order valence-corrected chi connectivity index (χ2v) is 8.75. The molecule has 166 valence electrons. The molecule has 0 amide bonds. The van der Waals surface area contributed by atoms with Crippen LogP contribution in [0.25, 0.3) is 10.9 Å². The number of hydrogen-bond donors (Lipinski definition) is 3. The van der Waals surface area contributed by atoms with Gasteiger partial charge in [0, 0.05) is 62.6 Å². The molecule has 0 radical (unpaired) electrons. The summed E-state index contributed by atoms with van der Waals surface area (Å²) in [7, 11) is 0. The first-order chi connectivity index (χ1) is 15.6. The Morgan fingerprint density at radius 2 is 1.97 bits per heavy atom. The Morgan fingerprint density at radius 1 is 1.12 bits per heavy atom. The van der Waals surface area contributed by atoms with Crippen LogP contribution < -0.4 is 21.2 Å². The lowest BCUT2D eigenvalue weighted by Gasteiger charge is -2.36. The molecule has 3 aromatic rings. The Balaban J connectivity index is 1.28. The van der Waals surface area contributed by atoms with Gasteiger partial charge in [0.25, 0.3) is 5.56 Å². The maximum Gasteiger partial charge on any atom is 0.253 e. The van der Waals surface area contributed by atoms with E-state index in [4.69, 9.17) is 0 Å². The average Bonchev–Trinajstić information content (AvgIpc) is 2.81. The molecule has 0 bridgehead atoms. The first-order valence-electron chi connectivity index (χ1n) is 11.3. The molecule has 0 spiro atoms. The van der Waals surface area contributed by atoms with Crippen LogP contribution in [0, 0.1) is 6.92 Å². The fraction of sp³-hybridized carbons (Fsp3) is 0.360. The molecule has 7 heteroatoms. The summed E-state index contributed by atoms with van der Waals surface area (Å²) >= 11 is 0. The first kappa shape index (κ1) is 20.6. The minimum absolute atomic E-state index is 0.0454. The lowest BCUT2D eigenvalue weighted by molar-refractivity contribution is 0.250. The van der Waals surface area contributed by atoms with Crippen molar-refractivity contribution in [3.05, 3.63) is 63.4 Å². The molecule has 32 heavy (non-hydrogen) atoms. The number of aromatic amines is 1. The second-order valence-electron chi connectivity index (χ2n) is 8.75. The highest BCUT2D eigenvalue weighted by atomic mass is 16.1. The Hall–Kier alpha value is -3.32. The number of nitrogens with one attached hydrogen (secondary N) is 3. The van der Waals surface area contributed by atoms with Gasteiger partial charge in [-0.1, -0.05) is 18.2 Å². The molecule has 2 aromatic carbocycles. The first-order valence-corrected chi connectivity index (χ1v) is 11.3. The quantitative estimate of drug-likeness (QED) is 0.426. The lowest BCUT2D eigenvalue weighted by Crippen LogP contribution is -2.46. The van der Waals surface area contributed by atoms with E-state index in [1.54, 1.807) is 0 Å². The predicted octanol–water partition coefficient (Wildman–Crippen LogP) is 3.54. The zero-order valence-corrected chi connectivity index (χ0v) is 18.6. The van der Waals surface area contributed by atoms with Gasteiger partial charge in [-0.2, -0.15) is 5.10 Å². The monoisotopic (exact) mass is 430 g/mol. The number of hydrazone groups is 1. The second kappa shape index (κ2) is 8.67. The van der Waals surface area contributed by atoms with Gasteiger partial charge in [-0.05, 0) is 49.1 Å². The highest BCUT2D eigenvalue weighted by Gasteiger charge is 2.19. The standard InChI is InChI=1S/C25H30N6O/c1-17-5-7-19(15-22(17)29-26-2)31-12-10-30(11-13-31)16-18-6-8-20-23(14-18)28-25(32)21-4-3-9-27-24(20)21/h5-8,14-15,27,29H,2-4,9-13,16H2,1H3,(H,28,32). The van der Waals surface area contributed by atoms with Crippen molar-refractivity contribution in [2.45, 2.75) is 26.3 Å². The van der Waals surface area contributed by atoms with Crippen molar-refractivity contribution < 1.29 is 0 Å². The summed E-state index contributed by atoms with van der Waals surface area (Å²) in [5.74, 6) is 0. The van der Waals surface area contributed by atoms with Gasteiger partial charge >= 0.3 is 0 Å². The van der Waals surface area contributed by atoms with Crippen LogP contribution in [0.2, 0.25) is 0 Å². The molecule has 0 atom stereocenters. The van der Waals surface area contributed by atoms with Crippen LogP contribution in [-0.2, 0) is 13.0 Å². The van der Waals surface area contributed by atoms with Gasteiger partial charge in [-0.15, -0.1) is 0 Å². The third kappa shape index (κ3) is 3.96. The molecule has 1 fully saturated rings. The number of piperazine rings is 1. The Kier molecular flexibility index (Phi) is 5.57. The Bertz CT molecular complexity index is 1210. The van der Waals surface area contributed by atoms with Gasteiger partial charge in [0.05, 0.1) is 16.9 Å². The molecular weight excluding hydrogens is 400 g/mol. The molecule has 0 aliphatic carbocycles. The molecule has 3 heterocycles. The van der Waals surface area contributed by atoms with Crippen molar-refractivity contribution in [3.8, 4) is 0 Å². The van der Waals surface area contributed by atoms with Crippen LogP contribution in [0.15, 0.2) is 46.3 Å². The Labute approximate surface area is 188 Å². The number of anilines is 3. The number of aromatic nitrogens is 1. The maximum atomic E-state index is 12.5. The molecular formula is C25H30N6O. The molecule has 3 N–H and O–H groups in total. The van der Waals surface area contributed by atoms with E-state index in [9.17, 15) is 4.79 Å². The lowest BCUT2D eigenvalue weighted by atomic mass is 10.0. The zero-order valence-electron chi connectivity index (χ0n) is 18.6. The molecule has 2 aliphatic heterocycles. The van der Waals surface area contributed by atoms with Crippen molar-refractivity contribution in [2.75, 3.05) is 48.4 Å². The van der Waals surface area contributed by atoms with Gasteiger partial charge in [0.1, 0.15) is 0 Å². The van der Waals surface area contributed by atoms with Crippen molar-refractivity contribution in [2.24, 2.45) is 5.10 Å². The summed E-state index contributed by atoms with van der Waals surface area (Å²) in [6.07, 6.45) is 1.86. The van der Waals surface area contributed by atoms with Crippen LogP contribution in [0.3, 0.4) is 0 Å². The SMILES string of the molecule is C=NNc1cc(N2CCN(Cc3ccc4c5c(c(=O)[nH]c4c3)CCCN5)CC2)ccc1C. The molecule has 1 aromatic heterocycles. The van der Waals surface area contributed by atoms with Crippen molar-refractivity contribution >= 4 is 34.7 Å². The molecule has 0 saturated carbocycles. The fourth-order valence-electron chi connectivity index (χ4n) is 4.84. The highest BCUT2D eigenvalue weighted by molar-refractivity contribution is 5.93. The summed E-state index contributed by atoms with van der Waals surface area (Å²) in [6, 6.07) is 12.9. The van der Waals surface area contributed by atoms with E-state index in [2.05, 4.69) is 80.7 Å². The van der Waals surface area contributed by atoms with E-state index in [-0.39, 0.29) is 5.56 Å². The molecule has 0 unspecified atom stereocenters. The van der Waals surface area contributed by atoms with Crippen LogP contribution in [-0.4, -0.2) is 49.3 Å². The van der Waals surface area contributed by atoms with Crippen LogP contribution in [0.4, 0.5) is 17.1 Å². The van der Waals surface area contributed by atoms with E-state index < -0.39 is 0 Å². The van der Waals surface area contributed by atoms with Gasteiger partial charge in [-0.25, -0.2) is 0 Å². The van der Waals surface area contributed by atoms with Gasteiger partial charge in [0.15, 0.2) is 0 Å². The van der Waals surface area contributed by atoms with Crippen LogP contribution in [0.5, 0.6) is 0 Å². The maximum absolute atomic E-state index is 12.5. The summed E-state index contributed by atoms with van der Waals surface area (Å²) in [5, 5.41) is 8.36. The van der Waals surface area contributed by atoms with E-state index in [0.717, 1.165) is 85.5 Å². The number of pyridine rings is 1. The summed E-state index contributed by atoms with van der Waals surface area (Å²) in [4.78, 5) is 20.5. The largest absolute Gasteiger partial charge is 0.384 e. The number of benzene rings is 2. The molecule has 7 nitrogen and oxygen atoms in total. The zero-order chi connectivity index (χ0) is 22.1. The normalized spacial score (nSPS) is 16.5. The molecule has 1 saturated heterocycles. The van der Waals surface area contributed by atoms with Gasteiger partial charge < -0.3 is 15.2 Å². The molecule has 2 aliphatic rings. The fourth-order valence-corrected chi connectivity index (χ4v) is 4.84. The number of nitrogens with zero attached hydrogens (tertiary/aromatic N) is 3. The van der Waals surface area contributed by atoms with Gasteiger partial charge in [-0.3, -0.25) is 15.1 Å². The van der Waals surface area contributed by atoms with E-state index >= 15 is 0 Å². The number of H-pyrrole nitrogens is 1. The van der Waals surface area contributed by atoms with Crippen molar-refractivity contribution in [3.63, 3.8) is 0 Å². The van der Waals surface area contributed by atoms with Crippen LogP contribution in [0.1, 0.15) is 23.1 Å². The highest BCUT2D eigenvalue weighted by Crippen LogP contribution is 2.29. The van der Waals surface area contributed by atoms with E-state index in [0.29, 0.717) is 0 Å². The number of fused-ring (bicyclic) bond motifs is 3. The van der Waals surface area contributed by atoms with Gasteiger partial charge in [0.2, 0.25) is 0 Å². The third-order valence-electron chi connectivity index (χ3n) is 6.65. The molecule has 5 rings (SSSR count). The summed E-state index contributed by atoms with van der Waals surface area (Å²) < 4.78 is 0. The summed E-state index contributed by atoms with van der Waals surface area (Å²) in [6.45, 7) is 11.4. The van der Waals surface area contributed by atoms with Crippen molar-refractivity contribution in [1.82, 2.24) is 9.88 Å². The smallest absolute Gasteiger partial charge is 0.253 e. The predicted molar refractivity (Wildman–Crippen MR) is 133 cm³/mol. The van der Waals surface area contributed by atoms with Crippen molar-refractivity contribution in [1.29, 1.82) is 0 Å². The van der Waals surface area contributed by atoms with E-state index in [1.165, 1.54) is 11.3 Å². The van der Waals surface area contributed by atoms with E-state index in [1.807, 2.05) is 0 Å². The topological polar surface area (TPSA) is 75.8 Å².